The summed E-state index contributed by atoms with van der Waals surface area (Å²) in [6.07, 6.45) is 1.73. The Balaban J connectivity index is 1.66. The lowest BCUT2D eigenvalue weighted by Gasteiger charge is -2.35. The lowest BCUT2D eigenvalue weighted by atomic mass is 10.1. The van der Waals surface area contributed by atoms with E-state index in [1.165, 1.54) is 0 Å². The summed E-state index contributed by atoms with van der Waals surface area (Å²) in [6.45, 7) is 8.51. The molecule has 1 aliphatic rings. The number of nitrogens with one attached hydrogen (secondary N) is 1. The van der Waals surface area contributed by atoms with Crippen molar-refractivity contribution in [2.75, 3.05) is 36.4 Å². The van der Waals surface area contributed by atoms with E-state index in [1.54, 1.807) is 19.2 Å². The van der Waals surface area contributed by atoms with Gasteiger partial charge in [-0.15, -0.1) is 0 Å². The van der Waals surface area contributed by atoms with E-state index < -0.39 is 0 Å². The molecular formula is C20H24N4O2. The van der Waals surface area contributed by atoms with Gasteiger partial charge >= 0.3 is 0 Å². The summed E-state index contributed by atoms with van der Waals surface area (Å²) in [5, 5.41) is 2.95. The van der Waals surface area contributed by atoms with E-state index >= 15 is 0 Å². The minimum absolute atomic E-state index is 0.112. The Morgan fingerprint density at radius 2 is 1.65 bits per heavy atom. The minimum Gasteiger partial charge on any atom is -0.367 e. The van der Waals surface area contributed by atoms with Crippen molar-refractivity contribution in [3.05, 3.63) is 53.3 Å². The number of aryl methyl sites for hydroxylation is 2. The molecule has 0 saturated carbocycles. The first kappa shape index (κ1) is 17.9. The van der Waals surface area contributed by atoms with Crippen LogP contribution in [0.5, 0.6) is 0 Å². The van der Waals surface area contributed by atoms with Crippen LogP contribution >= 0.6 is 0 Å². The van der Waals surface area contributed by atoms with Crippen LogP contribution in [0.25, 0.3) is 0 Å². The largest absolute Gasteiger partial charge is 0.367 e. The second-order valence-corrected chi connectivity index (χ2v) is 6.62. The summed E-state index contributed by atoms with van der Waals surface area (Å²) in [4.78, 5) is 32.3. The molecule has 1 aromatic carbocycles. The summed E-state index contributed by atoms with van der Waals surface area (Å²) >= 11 is 0. The molecule has 2 aromatic rings. The van der Waals surface area contributed by atoms with Gasteiger partial charge in [-0.3, -0.25) is 9.59 Å². The Morgan fingerprint density at radius 1 is 1.00 bits per heavy atom. The van der Waals surface area contributed by atoms with Crippen molar-refractivity contribution >= 4 is 23.2 Å². The van der Waals surface area contributed by atoms with Crippen molar-refractivity contribution in [3.8, 4) is 0 Å². The Bertz CT molecular complexity index is 789. The topological polar surface area (TPSA) is 65.5 Å². The number of piperazine rings is 1. The van der Waals surface area contributed by atoms with Crippen molar-refractivity contribution in [3.63, 3.8) is 0 Å². The first-order valence-electron chi connectivity index (χ1n) is 8.80. The normalized spacial score (nSPS) is 14.3. The highest BCUT2D eigenvalue weighted by Gasteiger charge is 2.19. The quantitative estimate of drug-likeness (QED) is 0.922. The highest BCUT2D eigenvalue weighted by molar-refractivity contribution is 6.03. The molecule has 6 nitrogen and oxygen atoms in total. The first-order valence-corrected chi connectivity index (χ1v) is 8.80. The maximum absolute atomic E-state index is 12.5. The third-order valence-corrected chi connectivity index (χ3v) is 4.79. The van der Waals surface area contributed by atoms with Crippen LogP contribution in [0.4, 0.5) is 11.4 Å². The number of carbonyl (C=O) groups excluding carboxylic acids is 2. The third-order valence-electron chi connectivity index (χ3n) is 4.79. The lowest BCUT2D eigenvalue weighted by Crippen LogP contribution is -2.48. The van der Waals surface area contributed by atoms with Crippen LogP contribution in [0, 0.1) is 13.8 Å². The molecule has 1 fully saturated rings. The third kappa shape index (κ3) is 3.85. The highest BCUT2D eigenvalue weighted by atomic mass is 16.2. The second kappa shape index (κ2) is 7.56. The number of rotatable bonds is 3. The maximum Gasteiger partial charge on any atom is 0.274 e. The van der Waals surface area contributed by atoms with E-state index in [4.69, 9.17) is 0 Å². The Labute approximate surface area is 153 Å². The molecule has 2 heterocycles. The standard InChI is InChI=1S/C20H24N4O2/c1-14-5-4-6-15(2)19(14)22-20(26)18-8-7-17(13-21-18)24-11-9-23(10-12-24)16(3)25/h4-8,13H,9-12H2,1-3H3,(H,22,26). The van der Waals surface area contributed by atoms with Gasteiger partial charge in [-0.1, -0.05) is 18.2 Å². The fraction of sp³-hybridized carbons (Fsp3) is 0.350. The van der Waals surface area contributed by atoms with Crippen molar-refractivity contribution in [1.29, 1.82) is 0 Å². The molecule has 0 radical (unpaired) electrons. The fourth-order valence-electron chi connectivity index (χ4n) is 3.18. The molecule has 1 aromatic heterocycles. The molecule has 136 valence electrons. The zero-order valence-corrected chi connectivity index (χ0v) is 15.5. The summed E-state index contributed by atoms with van der Waals surface area (Å²) in [5.74, 6) is -0.100. The number of anilines is 2. The maximum atomic E-state index is 12.5. The van der Waals surface area contributed by atoms with Gasteiger partial charge in [0.15, 0.2) is 0 Å². The summed E-state index contributed by atoms with van der Waals surface area (Å²) in [7, 11) is 0. The van der Waals surface area contributed by atoms with E-state index in [0.29, 0.717) is 18.8 Å². The lowest BCUT2D eigenvalue weighted by molar-refractivity contribution is -0.129. The average Bonchev–Trinajstić information content (AvgIpc) is 2.65. The van der Waals surface area contributed by atoms with Gasteiger partial charge in [0.2, 0.25) is 5.91 Å². The molecule has 1 saturated heterocycles. The van der Waals surface area contributed by atoms with Crippen LogP contribution in [0.2, 0.25) is 0 Å². The predicted octanol–water partition coefficient (Wildman–Crippen LogP) is 2.62. The summed E-state index contributed by atoms with van der Waals surface area (Å²) in [5.41, 5.74) is 4.25. The van der Waals surface area contributed by atoms with Gasteiger partial charge in [-0.2, -0.15) is 0 Å². The molecule has 0 bridgehead atoms. The van der Waals surface area contributed by atoms with Gasteiger partial charge in [0.25, 0.3) is 5.91 Å². The van der Waals surface area contributed by atoms with Gasteiger partial charge in [0.05, 0.1) is 11.9 Å². The van der Waals surface area contributed by atoms with Crippen LogP contribution in [0.1, 0.15) is 28.5 Å². The SMILES string of the molecule is CC(=O)N1CCN(c2ccc(C(=O)Nc3c(C)cccc3C)nc2)CC1. The molecule has 0 atom stereocenters. The molecule has 3 rings (SSSR count). The Hall–Kier alpha value is -2.89. The van der Waals surface area contributed by atoms with Crippen molar-refractivity contribution in [2.45, 2.75) is 20.8 Å². The number of aromatic nitrogens is 1. The molecule has 26 heavy (non-hydrogen) atoms. The average molecular weight is 352 g/mol. The summed E-state index contributed by atoms with van der Waals surface area (Å²) in [6, 6.07) is 9.57. The molecule has 1 aliphatic heterocycles. The van der Waals surface area contributed by atoms with Crippen LogP contribution in [0.15, 0.2) is 36.5 Å². The highest BCUT2D eigenvalue weighted by Crippen LogP contribution is 2.21. The molecule has 6 heteroatoms. The van der Waals surface area contributed by atoms with E-state index in [-0.39, 0.29) is 11.8 Å². The number of pyridine rings is 1. The van der Waals surface area contributed by atoms with Crippen molar-refractivity contribution in [1.82, 2.24) is 9.88 Å². The van der Waals surface area contributed by atoms with E-state index in [2.05, 4.69) is 15.2 Å². The second-order valence-electron chi connectivity index (χ2n) is 6.62. The van der Waals surface area contributed by atoms with Gasteiger partial charge in [0, 0.05) is 38.8 Å². The zero-order chi connectivity index (χ0) is 18.7. The minimum atomic E-state index is -0.213. The molecule has 0 spiro atoms. The number of nitrogens with zero attached hydrogens (tertiary/aromatic N) is 3. The van der Waals surface area contributed by atoms with Gasteiger partial charge in [-0.05, 0) is 37.1 Å². The Morgan fingerprint density at radius 3 is 2.19 bits per heavy atom. The van der Waals surface area contributed by atoms with Crippen molar-refractivity contribution in [2.24, 2.45) is 0 Å². The number of benzene rings is 1. The first-order chi connectivity index (χ1) is 12.5. The molecule has 0 unspecified atom stereocenters. The molecular weight excluding hydrogens is 328 g/mol. The van der Waals surface area contributed by atoms with Crippen LogP contribution in [-0.4, -0.2) is 47.9 Å². The van der Waals surface area contributed by atoms with Crippen LogP contribution < -0.4 is 10.2 Å². The zero-order valence-electron chi connectivity index (χ0n) is 15.5. The van der Waals surface area contributed by atoms with E-state index in [0.717, 1.165) is 35.6 Å². The number of hydrogen-bond donors (Lipinski definition) is 1. The smallest absolute Gasteiger partial charge is 0.274 e. The van der Waals surface area contributed by atoms with E-state index in [1.807, 2.05) is 43.0 Å². The van der Waals surface area contributed by atoms with Gasteiger partial charge < -0.3 is 15.1 Å². The molecule has 2 amide bonds. The number of para-hydroxylation sites is 1. The Kier molecular flexibility index (Phi) is 5.21. The predicted molar refractivity (Wildman–Crippen MR) is 103 cm³/mol. The van der Waals surface area contributed by atoms with E-state index in [9.17, 15) is 9.59 Å². The van der Waals surface area contributed by atoms with Gasteiger partial charge in [-0.25, -0.2) is 4.98 Å². The monoisotopic (exact) mass is 352 g/mol. The number of amides is 2. The summed E-state index contributed by atoms with van der Waals surface area (Å²) < 4.78 is 0. The number of hydrogen-bond acceptors (Lipinski definition) is 4. The number of carbonyl (C=O) groups is 2. The van der Waals surface area contributed by atoms with Crippen LogP contribution in [-0.2, 0) is 4.79 Å². The molecule has 1 N–H and O–H groups in total. The van der Waals surface area contributed by atoms with Crippen molar-refractivity contribution < 1.29 is 9.59 Å². The fourth-order valence-corrected chi connectivity index (χ4v) is 3.18. The molecule has 0 aliphatic carbocycles. The van der Waals surface area contributed by atoms with Gasteiger partial charge in [0.1, 0.15) is 5.69 Å². The van der Waals surface area contributed by atoms with Crippen LogP contribution in [0.3, 0.4) is 0 Å².